The molecule has 0 atom stereocenters. The second-order valence-corrected chi connectivity index (χ2v) is 5.87. The Morgan fingerprint density at radius 2 is 1.84 bits per heavy atom. The highest BCUT2D eigenvalue weighted by molar-refractivity contribution is 5.94. The highest BCUT2D eigenvalue weighted by Crippen LogP contribution is 2.19. The van der Waals surface area contributed by atoms with Gasteiger partial charge < -0.3 is 19.7 Å². The zero-order chi connectivity index (χ0) is 17.5. The molecular formula is C20H24N2O3. The first-order valence-corrected chi connectivity index (χ1v) is 8.69. The van der Waals surface area contributed by atoms with Crippen LogP contribution < -0.4 is 15.0 Å². The van der Waals surface area contributed by atoms with Gasteiger partial charge in [-0.05, 0) is 37.3 Å². The molecule has 0 saturated carbocycles. The van der Waals surface area contributed by atoms with Crippen LogP contribution in [-0.4, -0.2) is 38.8 Å². The standard InChI is InChI=1S/C20H24N2O3/c1-2-25-19-6-4-3-5-17(19)15-21-20(23)16-7-9-18(10-8-16)22-11-13-24-14-12-22/h3-10H,2,11-15H2,1H3,(H,21,23). The minimum absolute atomic E-state index is 0.0835. The molecule has 0 unspecified atom stereocenters. The van der Waals surface area contributed by atoms with Crippen LogP contribution in [0.3, 0.4) is 0 Å². The van der Waals surface area contributed by atoms with Crippen molar-refractivity contribution in [3.8, 4) is 5.75 Å². The van der Waals surface area contributed by atoms with Crippen LogP contribution in [0.25, 0.3) is 0 Å². The van der Waals surface area contributed by atoms with Crippen LogP contribution in [0.2, 0.25) is 0 Å². The molecule has 1 aliphatic rings. The van der Waals surface area contributed by atoms with Crippen molar-refractivity contribution in [3.63, 3.8) is 0 Å². The number of hydrogen-bond donors (Lipinski definition) is 1. The first-order chi connectivity index (χ1) is 12.3. The Bertz CT molecular complexity index is 694. The summed E-state index contributed by atoms with van der Waals surface area (Å²) in [6.07, 6.45) is 0. The van der Waals surface area contributed by atoms with Crippen LogP contribution in [0.5, 0.6) is 5.75 Å². The lowest BCUT2D eigenvalue weighted by Crippen LogP contribution is -2.36. The first-order valence-electron chi connectivity index (χ1n) is 8.69. The number of carbonyl (C=O) groups is 1. The first kappa shape index (κ1) is 17.3. The predicted octanol–water partition coefficient (Wildman–Crippen LogP) is 2.85. The van der Waals surface area contributed by atoms with E-state index in [1.807, 2.05) is 55.5 Å². The fraction of sp³-hybridized carbons (Fsp3) is 0.350. The average molecular weight is 340 g/mol. The third kappa shape index (κ3) is 4.51. The number of morpholine rings is 1. The van der Waals surface area contributed by atoms with Gasteiger partial charge in [0, 0.05) is 36.4 Å². The summed E-state index contributed by atoms with van der Waals surface area (Å²) < 4.78 is 11.0. The molecule has 0 spiro atoms. The van der Waals surface area contributed by atoms with E-state index in [9.17, 15) is 4.79 Å². The third-order valence-electron chi connectivity index (χ3n) is 4.22. The molecule has 1 aliphatic heterocycles. The number of ether oxygens (including phenoxy) is 2. The highest BCUT2D eigenvalue weighted by Gasteiger charge is 2.12. The highest BCUT2D eigenvalue weighted by atomic mass is 16.5. The summed E-state index contributed by atoms with van der Waals surface area (Å²) in [7, 11) is 0. The second kappa shape index (κ2) is 8.53. The van der Waals surface area contributed by atoms with Crippen LogP contribution in [0, 0.1) is 0 Å². The maximum atomic E-state index is 12.4. The van der Waals surface area contributed by atoms with E-state index in [1.54, 1.807) is 0 Å². The van der Waals surface area contributed by atoms with Gasteiger partial charge >= 0.3 is 0 Å². The van der Waals surface area contributed by atoms with E-state index < -0.39 is 0 Å². The van der Waals surface area contributed by atoms with Crippen molar-refractivity contribution in [2.24, 2.45) is 0 Å². The molecule has 0 radical (unpaired) electrons. The Morgan fingerprint density at radius 1 is 1.12 bits per heavy atom. The Balaban J connectivity index is 1.60. The third-order valence-corrected chi connectivity index (χ3v) is 4.22. The SMILES string of the molecule is CCOc1ccccc1CNC(=O)c1ccc(N2CCOCC2)cc1. The molecular weight excluding hydrogens is 316 g/mol. The maximum Gasteiger partial charge on any atom is 0.251 e. The topological polar surface area (TPSA) is 50.8 Å². The van der Waals surface area contributed by atoms with Crippen LogP contribution >= 0.6 is 0 Å². The molecule has 0 aliphatic carbocycles. The van der Waals surface area contributed by atoms with Gasteiger partial charge in [-0.3, -0.25) is 4.79 Å². The van der Waals surface area contributed by atoms with E-state index >= 15 is 0 Å². The molecule has 3 rings (SSSR count). The minimum Gasteiger partial charge on any atom is -0.494 e. The van der Waals surface area contributed by atoms with Gasteiger partial charge in [0.1, 0.15) is 5.75 Å². The van der Waals surface area contributed by atoms with Crippen molar-refractivity contribution >= 4 is 11.6 Å². The number of nitrogens with one attached hydrogen (secondary N) is 1. The summed E-state index contributed by atoms with van der Waals surface area (Å²) >= 11 is 0. The largest absolute Gasteiger partial charge is 0.494 e. The van der Waals surface area contributed by atoms with Crippen molar-refractivity contribution in [2.75, 3.05) is 37.8 Å². The zero-order valence-corrected chi connectivity index (χ0v) is 14.5. The summed E-state index contributed by atoms with van der Waals surface area (Å²) in [5.41, 5.74) is 2.76. The number of carbonyl (C=O) groups excluding carboxylic acids is 1. The second-order valence-electron chi connectivity index (χ2n) is 5.87. The Kier molecular flexibility index (Phi) is 5.90. The number of anilines is 1. The molecule has 0 bridgehead atoms. The van der Waals surface area contributed by atoms with E-state index in [0.717, 1.165) is 43.3 Å². The van der Waals surface area contributed by atoms with Gasteiger partial charge in [-0.1, -0.05) is 18.2 Å². The predicted molar refractivity (Wildman–Crippen MR) is 98.3 cm³/mol. The molecule has 5 nitrogen and oxygen atoms in total. The molecule has 132 valence electrons. The van der Waals surface area contributed by atoms with E-state index in [0.29, 0.717) is 18.7 Å². The number of benzene rings is 2. The molecule has 1 amide bonds. The van der Waals surface area contributed by atoms with Gasteiger partial charge in [0.15, 0.2) is 0 Å². The normalized spacial score (nSPS) is 14.2. The number of rotatable bonds is 6. The molecule has 25 heavy (non-hydrogen) atoms. The molecule has 2 aromatic rings. The van der Waals surface area contributed by atoms with Gasteiger partial charge in [-0.2, -0.15) is 0 Å². The van der Waals surface area contributed by atoms with Crippen molar-refractivity contribution in [1.29, 1.82) is 0 Å². The molecule has 5 heteroatoms. The fourth-order valence-electron chi connectivity index (χ4n) is 2.87. The summed E-state index contributed by atoms with van der Waals surface area (Å²) in [4.78, 5) is 14.7. The van der Waals surface area contributed by atoms with E-state index in [-0.39, 0.29) is 5.91 Å². The van der Waals surface area contributed by atoms with Gasteiger partial charge in [0.05, 0.1) is 19.8 Å². The lowest BCUT2D eigenvalue weighted by Gasteiger charge is -2.28. The monoisotopic (exact) mass is 340 g/mol. The van der Waals surface area contributed by atoms with Crippen LogP contribution in [0.15, 0.2) is 48.5 Å². The molecule has 0 aromatic heterocycles. The zero-order valence-electron chi connectivity index (χ0n) is 14.5. The van der Waals surface area contributed by atoms with Gasteiger partial charge in [0.25, 0.3) is 5.91 Å². The Morgan fingerprint density at radius 3 is 2.56 bits per heavy atom. The van der Waals surface area contributed by atoms with Crippen molar-refractivity contribution in [3.05, 3.63) is 59.7 Å². The smallest absolute Gasteiger partial charge is 0.251 e. The summed E-state index contributed by atoms with van der Waals surface area (Å²) in [6, 6.07) is 15.5. The average Bonchev–Trinajstić information content (AvgIpc) is 2.68. The number of amides is 1. The maximum absolute atomic E-state index is 12.4. The van der Waals surface area contributed by atoms with E-state index in [4.69, 9.17) is 9.47 Å². The van der Waals surface area contributed by atoms with Gasteiger partial charge in [0.2, 0.25) is 0 Å². The van der Waals surface area contributed by atoms with Gasteiger partial charge in [-0.15, -0.1) is 0 Å². The molecule has 1 fully saturated rings. The number of hydrogen-bond acceptors (Lipinski definition) is 4. The quantitative estimate of drug-likeness (QED) is 0.878. The summed E-state index contributed by atoms with van der Waals surface area (Å²) in [5, 5.41) is 2.96. The number of para-hydroxylation sites is 1. The molecule has 1 heterocycles. The van der Waals surface area contributed by atoms with Gasteiger partial charge in [-0.25, -0.2) is 0 Å². The van der Waals surface area contributed by atoms with E-state index in [2.05, 4.69) is 10.2 Å². The van der Waals surface area contributed by atoms with Crippen molar-refractivity contribution in [2.45, 2.75) is 13.5 Å². The Labute approximate surface area is 148 Å². The van der Waals surface area contributed by atoms with Crippen LogP contribution in [-0.2, 0) is 11.3 Å². The fourth-order valence-corrected chi connectivity index (χ4v) is 2.87. The molecule has 1 N–H and O–H groups in total. The minimum atomic E-state index is -0.0835. The van der Waals surface area contributed by atoms with Crippen LogP contribution in [0.4, 0.5) is 5.69 Å². The molecule has 2 aromatic carbocycles. The molecule has 1 saturated heterocycles. The summed E-state index contributed by atoms with van der Waals surface area (Å²) in [6.45, 7) is 6.28. The van der Waals surface area contributed by atoms with Crippen molar-refractivity contribution in [1.82, 2.24) is 5.32 Å². The number of nitrogens with zero attached hydrogens (tertiary/aromatic N) is 1. The van der Waals surface area contributed by atoms with E-state index in [1.165, 1.54) is 0 Å². The Hall–Kier alpha value is -2.53. The lowest BCUT2D eigenvalue weighted by molar-refractivity contribution is 0.0950. The lowest BCUT2D eigenvalue weighted by atomic mass is 10.1. The van der Waals surface area contributed by atoms with Crippen LogP contribution in [0.1, 0.15) is 22.8 Å². The van der Waals surface area contributed by atoms with Crippen molar-refractivity contribution < 1.29 is 14.3 Å². The summed E-state index contributed by atoms with van der Waals surface area (Å²) in [5.74, 6) is 0.729.